The van der Waals surface area contributed by atoms with Crippen molar-refractivity contribution in [3.05, 3.63) is 58.8 Å². The van der Waals surface area contributed by atoms with Crippen molar-refractivity contribution >= 4 is 34.7 Å². The summed E-state index contributed by atoms with van der Waals surface area (Å²) in [5.74, 6) is 1.01. The molecule has 0 fully saturated rings. The predicted molar refractivity (Wildman–Crippen MR) is 109 cm³/mol. The maximum atomic E-state index is 12.3. The zero-order chi connectivity index (χ0) is 18.5. The predicted octanol–water partition coefficient (Wildman–Crippen LogP) is 4.54. The molecule has 0 aliphatic heterocycles. The van der Waals surface area contributed by atoms with Crippen molar-refractivity contribution in [2.24, 2.45) is 0 Å². The number of nitrogens with one attached hydrogen (secondary N) is 1. The second-order valence-corrected chi connectivity index (χ2v) is 7.86. The molecule has 0 spiro atoms. The molecular formula is C19H20N4OS2. The highest BCUT2D eigenvalue weighted by Gasteiger charge is 2.16. The average Bonchev–Trinajstić information content (AvgIpc) is 3.22. The van der Waals surface area contributed by atoms with Crippen LogP contribution in [0.1, 0.15) is 10.4 Å². The second kappa shape index (κ2) is 8.33. The third kappa shape index (κ3) is 4.23. The standard InChI is InChI=1S/C19H20N4OS2/c1-4-9-23-18(15-10-14(3)25-11-15)21-22-19(23)26-12-17(24)20-16-8-6-5-7-13(16)2/h4-8,10-11H,1,9,12H2,2-3H3,(H,20,24). The van der Waals surface area contributed by atoms with E-state index in [1.807, 2.05) is 41.8 Å². The van der Waals surface area contributed by atoms with E-state index in [2.05, 4.69) is 40.5 Å². The van der Waals surface area contributed by atoms with E-state index in [-0.39, 0.29) is 11.7 Å². The van der Waals surface area contributed by atoms with Crippen LogP contribution >= 0.6 is 23.1 Å². The van der Waals surface area contributed by atoms with Crippen LogP contribution in [-0.2, 0) is 11.3 Å². The minimum atomic E-state index is -0.0645. The van der Waals surface area contributed by atoms with Gasteiger partial charge in [-0.15, -0.1) is 28.1 Å². The number of benzene rings is 1. The number of hydrogen-bond donors (Lipinski definition) is 1. The van der Waals surface area contributed by atoms with Gasteiger partial charge in [0.05, 0.1) is 5.75 Å². The molecule has 0 bridgehead atoms. The zero-order valence-corrected chi connectivity index (χ0v) is 16.4. The number of amides is 1. The van der Waals surface area contributed by atoms with Crippen LogP contribution in [0.15, 0.2) is 53.5 Å². The van der Waals surface area contributed by atoms with Gasteiger partial charge in [0.1, 0.15) is 0 Å². The van der Waals surface area contributed by atoms with E-state index in [4.69, 9.17) is 0 Å². The molecule has 7 heteroatoms. The highest BCUT2D eigenvalue weighted by atomic mass is 32.2. The molecule has 3 rings (SSSR count). The van der Waals surface area contributed by atoms with Crippen molar-refractivity contribution in [1.82, 2.24) is 14.8 Å². The van der Waals surface area contributed by atoms with Crippen LogP contribution in [-0.4, -0.2) is 26.4 Å². The van der Waals surface area contributed by atoms with Crippen molar-refractivity contribution in [3.63, 3.8) is 0 Å². The van der Waals surface area contributed by atoms with Gasteiger partial charge in [-0.1, -0.05) is 36.0 Å². The Balaban J connectivity index is 1.71. The molecule has 0 aliphatic rings. The first kappa shape index (κ1) is 18.4. The van der Waals surface area contributed by atoms with Crippen molar-refractivity contribution in [2.45, 2.75) is 25.5 Å². The average molecular weight is 385 g/mol. The van der Waals surface area contributed by atoms with E-state index >= 15 is 0 Å². The molecule has 26 heavy (non-hydrogen) atoms. The Labute approximate surface area is 161 Å². The Morgan fingerprint density at radius 2 is 2.15 bits per heavy atom. The number of carbonyl (C=O) groups is 1. The summed E-state index contributed by atoms with van der Waals surface area (Å²) in [4.78, 5) is 13.5. The van der Waals surface area contributed by atoms with Crippen molar-refractivity contribution < 1.29 is 4.79 Å². The lowest BCUT2D eigenvalue weighted by Gasteiger charge is -2.09. The summed E-state index contributed by atoms with van der Waals surface area (Å²) >= 11 is 3.05. The van der Waals surface area contributed by atoms with Gasteiger partial charge in [-0.2, -0.15) is 0 Å². The van der Waals surface area contributed by atoms with Gasteiger partial charge in [0, 0.05) is 28.1 Å². The van der Waals surface area contributed by atoms with Crippen molar-refractivity contribution in [1.29, 1.82) is 0 Å². The number of nitrogens with zero attached hydrogens (tertiary/aromatic N) is 3. The molecule has 0 saturated heterocycles. The number of thioether (sulfide) groups is 1. The number of rotatable bonds is 7. The minimum Gasteiger partial charge on any atom is -0.325 e. The summed E-state index contributed by atoms with van der Waals surface area (Å²) in [6.45, 7) is 8.45. The summed E-state index contributed by atoms with van der Waals surface area (Å²) in [5, 5.41) is 14.3. The number of aryl methyl sites for hydroxylation is 2. The fourth-order valence-corrected chi connectivity index (χ4v) is 3.92. The van der Waals surface area contributed by atoms with Gasteiger partial charge >= 0.3 is 0 Å². The van der Waals surface area contributed by atoms with Crippen LogP contribution in [0.4, 0.5) is 5.69 Å². The van der Waals surface area contributed by atoms with Gasteiger partial charge in [-0.05, 0) is 31.5 Å². The molecule has 0 radical (unpaired) electrons. The first-order chi connectivity index (χ1) is 12.6. The number of allylic oxidation sites excluding steroid dienone is 1. The van der Waals surface area contributed by atoms with Crippen LogP contribution in [0.3, 0.4) is 0 Å². The lowest BCUT2D eigenvalue weighted by molar-refractivity contribution is -0.113. The molecule has 1 aromatic carbocycles. The molecule has 2 aromatic heterocycles. The molecular weight excluding hydrogens is 364 g/mol. The fraction of sp³-hybridized carbons (Fsp3) is 0.211. The second-order valence-electron chi connectivity index (χ2n) is 5.80. The molecule has 5 nitrogen and oxygen atoms in total. The quantitative estimate of drug-likeness (QED) is 0.480. The van der Waals surface area contributed by atoms with E-state index < -0.39 is 0 Å². The SMILES string of the molecule is C=CCn1c(SCC(=O)Nc2ccccc2C)nnc1-c1csc(C)c1. The number of carbonyl (C=O) groups excluding carboxylic acids is 1. The van der Waals surface area contributed by atoms with E-state index in [0.29, 0.717) is 11.7 Å². The molecule has 1 amide bonds. The largest absolute Gasteiger partial charge is 0.325 e. The smallest absolute Gasteiger partial charge is 0.234 e. The highest BCUT2D eigenvalue weighted by molar-refractivity contribution is 7.99. The van der Waals surface area contributed by atoms with Crippen LogP contribution in [0.2, 0.25) is 0 Å². The van der Waals surface area contributed by atoms with Crippen LogP contribution in [0.25, 0.3) is 11.4 Å². The summed E-state index contributed by atoms with van der Waals surface area (Å²) in [6.07, 6.45) is 1.81. The highest BCUT2D eigenvalue weighted by Crippen LogP contribution is 2.27. The lowest BCUT2D eigenvalue weighted by atomic mass is 10.2. The minimum absolute atomic E-state index is 0.0645. The lowest BCUT2D eigenvalue weighted by Crippen LogP contribution is -2.15. The van der Waals surface area contributed by atoms with Gasteiger partial charge in [0.2, 0.25) is 5.91 Å². The monoisotopic (exact) mass is 384 g/mol. The normalized spacial score (nSPS) is 10.7. The Bertz CT molecular complexity index is 929. The topological polar surface area (TPSA) is 59.8 Å². The van der Waals surface area contributed by atoms with Crippen molar-refractivity contribution in [2.75, 3.05) is 11.1 Å². The van der Waals surface area contributed by atoms with Crippen LogP contribution < -0.4 is 5.32 Å². The Hall–Kier alpha value is -2.38. The van der Waals surface area contributed by atoms with Crippen LogP contribution in [0.5, 0.6) is 0 Å². The number of thiophene rings is 1. The summed E-state index contributed by atoms with van der Waals surface area (Å²) in [7, 11) is 0. The number of para-hydroxylation sites is 1. The third-order valence-electron chi connectivity index (χ3n) is 3.77. The molecule has 0 atom stereocenters. The van der Waals surface area contributed by atoms with E-state index in [1.165, 1.54) is 16.6 Å². The van der Waals surface area contributed by atoms with Gasteiger partial charge in [-0.25, -0.2) is 0 Å². The van der Waals surface area contributed by atoms with E-state index in [1.54, 1.807) is 11.3 Å². The maximum absolute atomic E-state index is 12.3. The molecule has 0 unspecified atom stereocenters. The molecule has 3 aromatic rings. The van der Waals surface area contributed by atoms with Gasteiger partial charge in [-0.3, -0.25) is 9.36 Å². The molecule has 0 aliphatic carbocycles. The Morgan fingerprint density at radius 3 is 2.85 bits per heavy atom. The Kier molecular flexibility index (Phi) is 5.90. The van der Waals surface area contributed by atoms with Gasteiger partial charge in [0.25, 0.3) is 0 Å². The zero-order valence-electron chi connectivity index (χ0n) is 14.7. The summed E-state index contributed by atoms with van der Waals surface area (Å²) in [5.41, 5.74) is 2.91. The molecule has 0 saturated carbocycles. The third-order valence-corrected chi connectivity index (χ3v) is 5.60. The fourth-order valence-electron chi connectivity index (χ4n) is 2.49. The summed E-state index contributed by atoms with van der Waals surface area (Å²) in [6, 6.07) is 9.82. The van der Waals surface area contributed by atoms with Gasteiger partial charge < -0.3 is 5.32 Å². The molecule has 2 heterocycles. The number of anilines is 1. The van der Waals surface area contributed by atoms with E-state index in [0.717, 1.165) is 22.6 Å². The van der Waals surface area contributed by atoms with Gasteiger partial charge in [0.15, 0.2) is 11.0 Å². The number of aromatic nitrogens is 3. The number of hydrogen-bond acceptors (Lipinski definition) is 5. The molecule has 134 valence electrons. The molecule has 1 N–H and O–H groups in total. The first-order valence-corrected chi connectivity index (χ1v) is 10.0. The van der Waals surface area contributed by atoms with Crippen LogP contribution in [0, 0.1) is 13.8 Å². The van der Waals surface area contributed by atoms with Crippen molar-refractivity contribution in [3.8, 4) is 11.4 Å². The van der Waals surface area contributed by atoms with E-state index in [9.17, 15) is 4.79 Å². The first-order valence-electron chi connectivity index (χ1n) is 8.16. The Morgan fingerprint density at radius 1 is 1.35 bits per heavy atom. The maximum Gasteiger partial charge on any atom is 0.234 e. The summed E-state index contributed by atoms with van der Waals surface area (Å²) < 4.78 is 1.99.